The number of fused-ring (bicyclic) bond motifs is 1. The third kappa shape index (κ3) is 4.82. The van der Waals surface area contributed by atoms with E-state index in [1.807, 2.05) is 41.8 Å². The number of ether oxygens (including phenoxy) is 2. The molecular formula is C29H27ClN2O3. The minimum atomic E-state index is -0.143. The van der Waals surface area contributed by atoms with Gasteiger partial charge in [-0.25, -0.2) is 0 Å². The average molecular weight is 487 g/mol. The molecule has 35 heavy (non-hydrogen) atoms. The number of esters is 1. The molecule has 0 amide bonds. The molecule has 4 aromatic rings. The summed E-state index contributed by atoms with van der Waals surface area (Å²) < 4.78 is 13.1. The molecule has 0 aliphatic heterocycles. The van der Waals surface area contributed by atoms with Crippen LogP contribution in [0.3, 0.4) is 0 Å². The molecule has 6 heteroatoms. The number of rotatable bonds is 9. The topological polar surface area (TPSA) is 53.4 Å². The summed E-state index contributed by atoms with van der Waals surface area (Å²) in [6.45, 7) is 7.05. The van der Waals surface area contributed by atoms with E-state index in [1.165, 1.54) is 5.56 Å². The number of nitrogens with zero attached hydrogens (tertiary/aromatic N) is 2. The molecule has 5 rings (SSSR count). The van der Waals surface area contributed by atoms with Crippen LogP contribution in [0.1, 0.15) is 13.3 Å². The highest BCUT2D eigenvalue weighted by molar-refractivity contribution is 6.34. The third-order valence-corrected chi connectivity index (χ3v) is 6.67. The van der Waals surface area contributed by atoms with Gasteiger partial charge in [-0.3, -0.25) is 9.36 Å². The zero-order valence-corrected chi connectivity index (χ0v) is 20.4. The van der Waals surface area contributed by atoms with Crippen LogP contribution in [0.2, 0.25) is 5.02 Å². The molecule has 1 saturated carbocycles. The Bertz CT molecular complexity index is 1360. The number of carbonyl (C=O) groups excluding carboxylic acids is 1. The first kappa shape index (κ1) is 23.2. The lowest BCUT2D eigenvalue weighted by Gasteiger charge is -2.09. The molecule has 1 heterocycles. The Morgan fingerprint density at radius 3 is 2.54 bits per heavy atom. The Morgan fingerprint density at radius 1 is 1.11 bits per heavy atom. The molecule has 1 aromatic heterocycles. The molecule has 0 N–H and O–H groups in total. The van der Waals surface area contributed by atoms with E-state index in [9.17, 15) is 4.79 Å². The van der Waals surface area contributed by atoms with E-state index in [2.05, 4.69) is 43.0 Å². The molecular weight excluding hydrogens is 460 g/mol. The first-order valence-corrected chi connectivity index (χ1v) is 12.2. The Kier molecular flexibility index (Phi) is 6.60. The third-order valence-electron chi connectivity index (χ3n) is 6.36. The van der Waals surface area contributed by atoms with Gasteiger partial charge >= 0.3 is 5.97 Å². The van der Waals surface area contributed by atoms with Crippen LogP contribution in [0, 0.1) is 11.8 Å². The summed E-state index contributed by atoms with van der Waals surface area (Å²) in [6, 6.07) is 23.1. The molecule has 0 saturated heterocycles. The fraction of sp³-hybridized carbons (Fsp3) is 0.241. The number of carbonyl (C=O) groups is 1. The predicted molar refractivity (Wildman–Crippen MR) is 140 cm³/mol. The number of hydrogen-bond donors (Lipinski definition) is 0. The Hall–Kier alpha value is -3.57. The standard InChI is InChI=1S/C29H27ClN2O3/c1-3-14-32-27-17-25(30)23(21-12-10-20(11-13-21)19-8-6-5-7-9-19)16-26(27)31-29(32)35-18-22-15-24(22)28(33)34-4-2/h3,5-13,16-17,22,24H,1,4,14-15,18H2,2H3. The van der Waals surface area contributed by atoms with Gasteiger partial charge in [0.15, 0.2) is 0 Å². The van der Waals surface area contributed by atoms with Gasteiger partial charge < -0.3 is 9.47 Å². The highest BCUT2D eigenvalue weighted by Gasteiger charge is 2.44. The summed E-state index contributed by atoms with van der Waals surface area (Å²) in [7, 11) is 0. The molecule has 2 unspecified atom stereocenters. The molecule has 0 spiro atoms. The maximum Gasteiger partial charge on any atom is 0.309 e. The van der Waals surface area contributed by atoms with Crippen LogP contribution >= 0.6 is 11.6 Å². The molecule has 178 valence electrons. The summed E-state index contributed by atoms with van der Waals surface area (Å²) in [5.41, 5.74) is 5.94. The average Bonchev–Trinajstić information content (AvgIpc) is 3.59. The number of benzene rings is 3. The zero-order valence-electron chi connectivity index (χ0n) is 19.6. The molecule has 1 fully saturated rings. The van der Waals surface area contributed by atoms with Gasteiger partial charge in [0.2, 0.25) is 0 Å². The fourth-order valence-corrected chi connectivity index (χ4v) is 4.65. The lowest BCUT2D eigenvalue weighted by molar-refractivity contribution is -0.145. The van der Waals surface area contributed by atoms with Crippen molar-refractivity contribution in [2.75, 3.05) is 13.2 Å². The maximum atomic E-state index is 11.9. The normalized spacial score (nSPS) is 16.7. The Balaban J connectivity index is 1.40. The quantitative estimate of drug-likeness (QED) is 0.193. The summed E-state index contributed by atoms with van der Waals surface area (Å²) >= 11 is 6.74. The molecule has 0 radical (unpaired) electrons. The van der Waals surface area contributed by atoms with Crippen molar-refractivity contribution in [3.05, 3.63) is 84.4 Å². The van der Waals surface area contributed by atoms with Gasteiger partial charge in [0.05, 0.1) is 35.2 Å². The Morgan fingerprint density at radius 2 is 1.83 bits per heavy atom. The van der Waals surface area contributed by atoms with Crippen molar-refractivity contribution in [3.63, 3.8) is 0 Å². The van der Waals surface area contributed by atoms with Crippen LogP contribution < -0.4 is 4.74 Å². The van der Waals surface area contributed by atoms with E-state index in [0.29, 0.717) is 30.8 Å². The van der Waals surface area contributed by atoms with Crippen LogP contribution in [0.4, 0.5) is 0 Å². The van der Waals surface area contributed by atoms with Crippen LogP contribution in [0.15, 0.2) is 79.4 Å². The first-order valence-electron chi connectivity index (χ1n) is 11.8. The van der Waals surface area contributed by atoms with Gasteiger partial charge in [0.25, 0.3) is 6.01 Å². The zero-order chi connectivity index (χ0) is 24.4. The second kappa shape index (κ2) is 9.96. The van der Waals surface area contributed by atoms with E-state index in [-0.39, 0.29) is 17.8 Å². The van der Waals surface area contributed by atoms with Crippen LogP contribution in [0.25, 0.3) is 33.3 Å². The monoisotopic (exact) mass is 486 g/mol. The van der Waals surface area contributed by atoms with Gasteiger partial charge in [-0.15, -0.1) is 6.58 Å². The number of allylic oxidation sites excluding steroid dienone is 1. The lowest BCUT2D eigenvalue weighted by Crippen LogP contribution is -2.12. The van der Waals surface area contributed by atoms with E-state index in [0.717, 1.165) is 34.1 Å². The highest BCUT2D eigenvalue weighted by atomic mass is 35.5. The Labute approximate surface area is 210 Å². The van der Waals surface area contributed by atoms with Crippen molar-refractivity contribution in [2.45, 2.75) is 19.9 Å². The predicted octanol–water partition coefficient (Wildman–Crippen LogP) is 6.79. The van der Waals surface area contributed by atoms with Crippen molar-refractivity contribution in [1.29, 1.82) is 0 Å². The van der Waals surface area contributed by atoms with Crippen LogP contribution in [-0.4, -0.2) is 28.7 Å². The molecule has 2 atom stereocenters. The fourth-order valence-electron chi connectivity index (χ4n) is 4.38. The van der Waals surface area contributed by atoms with Crippen molar-refractivity contribution < 1.29 is 14.3 Å². The number of imidazole rings is 1. The van der Waals surface area contributed by atoms with Crippen LogP contribution in [0.5, 0.6) is 6.01 Å². The van der Waals surface area contributed by atoms with Gasteiger partial charge in [-0.05, 0) is 42.2 Å². The van der Waals surface area contributed by atoms with Gasteiger partial charge in [-0.2, -0.15) is 4.98 Å². The minimum Gasteiger partial charge on any atom is -0.466 e. The molecule has 1 aliphatic rings. The summed E-state index contributed by atoms with van der Waals surface area (Å²) in [6.07, 6.45) is 2.59. The van der Waals surface area contributed by atoms with E-state index in [4.69, 9.17) is 26.1 Å². The van der Waals surface area contributed by atoms with E-state index in [1.54, 1.807) is 6.08 Å². The minimum absolute atomic E-state index is 0.0768. The van der Waals surface area contributed by atoms with Crippen LogP contribution in [-0.2, 0) is 16.1 Å². The SMILES string of the molecule is C=CCn1c(OCC2CC2C(=O)OCC)nc2cc(-c3ccc(-c4ccccc4)cc3)c(Cl)cc21. The summed E-state index contributed by atoms with van der Waals surface area (Å²) in [5, 5.41) is 0.645. The first-order chi connectivity index (χ1) is 17.1. The van der Waals surface area contributed by atoms with Crippen molar-refractivity contribution in [3.8, 4) is 28.3 Å². The number of hydrogen-bond acceptors (Lipinski definition) is 4. The molecule has 0 bridgehead atoms. The lowest BCUT2D eigenvalue weighted by atomic mass is 10.00. The van der Waals surface area contributed by atoms with Crippen molar-refractivity contribution in [1.82, 2.24) is 9.55 Å². The highest BCUT2D eigenvalue weighted by Crippen LogP contribution is 2.40. The summed E-state index contributed by atoms with van der Waals surface area (Å²) in [5.74, 6) is -0.0594. The maximum absolute atomic E-state index is 11.9. The number of halogens is 1. The van der Waals surface area contributed by atoms with Gasteiger partial charge in [0.1, 0.15) is 0 Å². The largest absolute Gasteiger partial charge is 0.466 e. The van der Waals surface area contributed by atoms with Gasteiger partial charge in [0, 0.05) is 18.0 Å². The molecule has 3 aromatic carbocycles. The second-order valence-corrected chi connectivity index (χ2v) is 9.13. The van der Waals surface area contributed by atoms with Crippen molar-refractivity contribution >= 4 is 28.6 Å². The molecule has 5 nitrogen and oxygen atoms in total. The van der Waals surface area contributed by atoms with Gasteiger partial charge in [-0.1, -0.05) is 72.3 Å². The number of aromatic nitrogens is 2. The van der Waals surface area contributed by atoms with E-state index >= 15 is 0 Å². The van der Waals surface area contributed by atoms with Crippen molar-refractivity contribution in [2.24, 2.45) is 11.8 Å². The second-order valence-electron chi connectivity index (χ2n) is 8.72. The molecule has 1 aliphatic carbocycles. The smallest absolute Gasteiger partial charge is 0.309 e. The summed E-state index contributed by atoms with van der Waals surface area (Å²) in [4.78, 5) is 16.7. The van der Waals surface area contributed by atoms with E-state index < -0.39 is 0 Å².